The van der Waals surface area contributed by atoms with Crippen molar-refractivity contribution in [1.29, 1.82) is 0 Å². The lowest BCUT2D eigenvalue weighted by molar-refractivity contribution is -0.128. The number of amides is 4. The van der Waals surface area contributed by atoms with Gasteiger partial charge in [0.15, 0.2) is 111 Å². The number of hydrogen-bond acceptors (Lipinski definition) is 19. The van der Waals surface area contributed by atoms with Crippen LogP contribution in [0.1, 0.15) is 209 Å². The zero-order valence-electron chi connectivity index (χ0n) is 97.9. The van der Waals surface area contributed by atoms with Gasteiger partial charge in [-0.3, -0.25) is 28.8 Å². The van der Waals surface area contributed by atoms with Crippen LogP contribution in [-0.2, 0) is 67.0 Å². The fourth-order valence-electron chi connectivity index (χ4n) is 16.8. The topological polar surface area (TPSA) is 279 Å². The lowest BCUT2D eigenvalue weighted by Gasteiger charge is -2.35. The maximum absolute atomic E-state index is 12.5. The first-order valence-electron chi connectivity index (χ1n) is 54.7. The number of carbonyl (C=O) groups excluding carboxylic acids is 6. The average Bonchev–Trinajstić information content (AvgIpc) is 0.875. The third-order valence-corrected chi connectivity index (χ3v) is 74.6. The van der Waals surface area contributed by atoms with E-state index in [-0.39, 0.29) is 81.0 Å². The van der Waals surface area contributed by atoms with E-state index in [0.29, 0.717) is 45.6 Å². The molecule has 0 aliphatic carbocycles. The first kappa shape index (κ1) is 150. The Morgan fingerprint density at radius 2 is 0.553 bits per heavy atom. The van der Waals surface area contributed by atoms with Gasteiger partial charge in [-0.1, -0.05) is 184 Å². The van der Waals surface area contributed by atoms with Crippen molar-refractivity contribution in [2.75, 3.05) is 86.4 Å². The van der Waals surface area contributed by atoms with E-state index in [1.165, 1.54) is 180 Å². The fourth-order valence-corrected chi connectivity index (χ4v) is 72.1. The van der Waals surface area contributed by atoms with Crippen molar-refractivity contribution in [2.24, 2.45) is 0 Å². The highest BCUT2D eigenvalue weighted by atomic mass is 28.4. The molecule has 3 atom stereocenters. The molecule has 0 rings (SSSR count). The van der Waals surface area contributed by atoms with Crippen molar-refractivity contribution in [3.05, 3.63) is 75.9 Å². The van der Waals surface area contributed by atoms with E-state index in [2.05, 4.69) is 245 Å². The summed E-state index contributed by atoms with van der Waals surface area (Å²) in [6, 6.07) is 16.5. The number of allylic oxidation sites excluding steroid dienone is 2. The van der Waals surface area contributed by atoms with Crippen molar-refractivity contribution in [3.63, 3.8) is 0 Å². The Morgan fingerprint density at radius 1 is 0.291 bits per heavy atom. The molecule has 4 amide bonds. The van der Waals surface area contributed by atoms with Crippen LogP contribution < -0.4 is 0 Å². The fraction of sp³-hybridized carbons (Fsp3) is 0.827. The van der Waals surface area contributed by atoms with Gasteiger partial charge in [0, 0.05) is 79.4 Å². The van der Waals surface area contributed by atoms with Gasteiger partial charge in [-0.15, -0.1) is 0 Å². The third-order valence-electron chi connectivity index (χ3n) is 24.4. The van der Waals surface area contributed by atoms with Gasteiger partial charge < -0.3 is 78.3 Å². The molecule has 0 aliphatic heterocycles. The van der Waals surface area contributed by atoms with Crippen LogP contribution in [0.2, 0.25) is 242 Å². The maximum Gasteiger partial charge on any atom is 0.246 e. The van der Waals surface area contributed by atoms with E-state index in [1.54, 1.807) is 16.8 Å². The van der Waals surface area contributed by atoms with E-state index in [4.69, 9.17) is 43.4 Å². The maximum atomic E-state index is 12.5. The Kier molecular flexibility index (Phi) is 89.0. The molecule has 3 unspecified atom stereocenters. The molecule has 0 aromatic rings. The number of unbranched alkanes of at least 4 members (excludes halogenated alkanes) is 8. The standard InChI is InChI=1S/C25H57NO3Si4.C18H39NO4Si2.C18H38O4Si2.C17H37NO4Si2.C13H29NO2Si2.C13H28O2Si2/c1-12-15-21-30(4,5)28-32(8,9)23-17-19-26(25(27)14-3)20-18-24-33(10,11)29-31(6,7)22-16-13-2;1-8-10-13-24(4,5)23-25(6,7)14-11-12-22-16-17(20)15-19(3)18(21)9-2;1-7-9-14-23(3,4)22-24(5,6)15-10-13-21-16-18(20)12-11-17(19)8-2;1-7-9-12-23(3,4)22-24(5,6)13-10-11-18(17(21)8-2)14-16(20)15-19;1-6-8-11-17-16-18(4,5)12-9-10-14(3)13(15)7-2;1-5-7-11-16-15-17(3,4)12-9-8-10-13(14)6-2/h14H,3,12-13,15-24H2,1-2,4-11H3;9,17,20H,2,8,10-16H2,1,3-7H3;8,18,20H,2,7,9-16H2,1,3-6H3;8,16,19-20H,2,7,9-15H2,1,3-6H3;7H,2,6,8-12,17H2,1,3-5H3;6H,2,5,7-12,16H2,1,3-4H3. The van der Waals surface area contributed by atoms with Gasteiger partial charge in [0.2, 0.25) is 23.6 Å². The van der Waals surface area contributed by atoms with Crippen LogP contribution in [0.15, 0.2) is 75.9 Å². The monoisotopic (exact) mass is 2230 g/mol. The van der Waals surface area contributed by atoms with Crippen LogP contribution in [0, 0.1) is 0 Å². The molecule has 0 aromatic heterocycles. The average molecular weight is 2230 g/mol. The Labute approximate surface area is 886 Å². The van der Waals surface area contributed by atoms with Crippen LogP contribution in [0.25, 0.3) is 0 Å². The van der Waals surface area contributed by atoms with Crippen molar-refractivity contribution in [2.45, 2.75) is 469 Å². The highest BCUT2D eigenvalue weighted by Crippen LogP contribution is 2.31. The van der Waals surface area contributed by atoms with Gasteiger partial charge in [-0.2, -0.15) is 0 Å². The normalized spacial score (nSPS) is 13.2. The summed E-state index contributed by atoms with van der Waals surface area (Å²) in [6.45, 7) is 97.1. The molecule has 0 saturated carbocycles. The Bertz CT molecular complexity index is 3250. The van der Waals surface area contributed by atoms with E-state index >= 15 is 0 Å². The zero-order valence-corrected chi connectivity index (χ0v) is 113. The van der Waals surface area contributed by atoms with Crippen LogP contribution in [0.5, 0.6) is 0 Å². The number of hydrogen-bond donors (Lipinski definition) is 4. The Balaban J connectivity index is -0.000000393. The number of likely N-dealkylation sites (N-methyl/N-ethyl adjacent to an activating group) is 2. The molecule has 141 heavy (non-hydrogen) atoms. The minimum Gasteiger partial charge on any atom is -0.460 e. The molecule has 0 bridgehead atoms. The summed E-state index contributed by atoms with van der Waals surface area (Å²) in [5.41, 5.74) is 0. The number of rotatable bonds is 82. The van der Waals surface area contributed by atoms with Gasteiger partial charge >= 0.3 is 0 Å². The van der Waals surface area contributed by atoms with E-state index in [1.807, 2.05) is 11.9 Å². The molecule has 834 valence electrons. The van der Waals surface area contributed by atoms with Gasteiger partial charge in [-0.25, -0.2) is 0 Å². The number of nitrogens with zero attached hydrogens (tertiary/aromatic N) is 4. The van der Waals surface area contributed by atoms with Gasteiger partial charge in [0.25, 0.3) is 0 Å². The number of ketones is 2. The molecule has 0 radical (unpaired) electrons. The molecule has 4 N–H and O–H groups in total. The molecular weight excluding hydrogens is 2000 g/mol. The zero-order chi connectivity index (χ0) is 110. The van der Waals surface area contributed by atoms with Crippen molar-refractivity contribution >= 4 is 155 Å². The van der Waals surface area contributed by atoms with Crippen LogP contribution in [0.3, 0.4) is 0 Å². The van der Waals surface area contributed by atoms with Crippen molar-refractivity contribution < 1.29 is 87.5 Å². The highest BCUT2D eigenvalue weighted by molar-refractivity contribution is 6.87. The number of ether oxygens (including phenoxy) is 2. The minimum absolute atomic E-state index is 0.00714. The molecule has 0 saturated heterocycles. The van der Waals surface area contributed by atoms with E-state index in [0.717, 1.165) is 107 Å². The van der Waals surface area contributed by atoms with Crippen molar-refractivity contribution in [3.8, 4) is 0 Å². The second-order valence-corrected chi connectivity index (χ2v) is 103. The van der Waals surface area contributed by atoms with Crippen LogP contribution in [0.4, 0.5) is 0 Å². The van der Waals surface area contributed by atoms with E-state index in [9.17, 15) is 44.1 Å². The van der Waals surface area contributed by atoms with Crippen molar-refractivity contribution in [1.82, 2.24) is 19.6 Å². The Hall–Kier alpha value is -1.82. The lowest BCUT2D eigenvalue weighted by atomic mass is 10.1. The summed E-state index contributed by atoms with van der Waals surface area (Å²) in [5, 5.41) is 38.2. The van der Waals surface area contributed by atoms with Gasteiger partial charge in [0.1, 0.15) is 19.5 Å². The van der Waals surface area contributed by atoms with Gasteiger partial charge in [0.05, 0.1) is 38.1 Å². The number of carbonyl (C=O) groups is 6. The first-order chi connectivity index (χ1) is 65.2. The minimum atomic E-state index is -1.76. The van der Waals surface area contributed by atoms with Gasteiger partial charge in [-0.05, 0) is 330 Å². The predicted octanol–water partition coefficient (Wildman–Crippen LogP) is 25.3. The molecule has 0 fully saturated rings. The third kappa shape index (κ3) is 95.1. The predicted molar refractivity (Wildman–Crippen MR) is 643 cm³/mol. The quantitative estimate of drug-likeness (QED) is 0.0250. The molecule has 0 spiro atoms. The molecule has 0 heterocycles. The summed E-state index contributed by atoms with van der Waals surface area (Å²) in [4.78, 5) is 75.9. The molecule has 37 heteroatoms. The summed E-state index contributed by atoms with van der Waals surface area (Å²) in [6.07, 6.45) is 32.9. The highest BCUT2D eigenvalue weighted by Gasteiger charge is 2.38. The lowest BCUT2D eigenvalue weighted by Crippen LogP contribution is -2.45. The SMILES string of the molecule is C=CC(=O)CCC(O)COCCC[Si](C)(C)O[Si](C)(C)CCCC.C=CC(=O)CCCC[Si](C)(C)O[SiH2]CCCC.C=CC(=O)N(C)CC(O)COCCC[Si](C)(C)O[Si](C)(C)CCCC.C=CC(=O)N(C)CCC[Si](C)(C)O[SiH2]CCCC.C=CC(=O)N(CCC[Si](C)(C)O[Si](C)(C)CCCC)CC(O)CO.C=CC(=O)N(CCC[Si](C)(C)O[Si](C)(C)CCCC)CCC[Si](C)(C)O[Si](C)(C)CCCC. The molecule has 0 aliphatic rings. The van der Waals surface area contributed by atoms with Crippen LogP contribution >= 0.6 is 0 Å². The second-order valence-electron chi connectivity index (χ2n) is 46.2. The summed E-state index contributed by atoms with van der Waals surface area (Å²) in [7, 11) is -16.3. The summed E-state index contributed by atoms with van der Waals surface area (Å²) in [5.74, 6) is -0.199. The smallest absolute Gasteiger partial charge is 0.246 e. The summed E-state index contributed by atoms with van der Waals surface area (Å²) < 4.78 is 56.6. The number of aliphatic hydroxyl groups is 4. The number of aliphatic hydroxyl groups excluding tert-OH is 4. The first-order valence-corrected chi connectivity index (χ1v) is 95.3. The molecule has 23 nitrogen and oxygen atoms in total. The summed E-state index contributed by atoms with van der Waals surface area (Å²) >= 11 is 0. The second kappa shape index (κ2) is 83.8. The van der Waals surface area contributed by atoms with E-state index < -0.39 is 118 Å². The molecule has 0 aromatic carbocycles. The van der Waals surface area contributed by atoms with Crippen LogP contribution in [-0.4, -0.2) is 299 Å². The Morgan fingerprint density at radius 3 is 0.858 bits per heavy atom. The largest absolute Gasteiger partial charge is 0.460 e. The molecular formula is C104H228N4O19Si14.